The van der Waals surface area contributed by atoms with Crippen molar-refractivity contribution in [3.63, 3.8) is 0 Å². The first-order valence-electron chi connectivity index (χ1n) is 11.6. The number of hydrogen-bond donors (Lipinski definition) is 0. The lowest BCUT2D eigenvalue weighted by molar-refractivity contribution is 0.0600. The number of carbonyl (C=O) groups is 2. The van der Waals surface area contributed by atoms with Gasteiger partial charge in [-0.25, -0.2) is 9.78 Å². The Balaban J connectivity index is 1.57. The topological polar surface area (TPSA) is 66.1 Å². The molecular weight excluding hydrogens is 426 g/mol. The minimum atomic E-state index is -0.345. The smallest absolute Gasteiger partial charge is 0.337 e. The number of para-hydroxylation sites is 1. The van der Waals surface area contributed by atoms with Crippen LogP contribution in [0, 0.1) is 18.3 Å². The molecule has 1 unspecified atom stereocenters. The number of methoxy groups -OCH3 is 1. The molecule has 0 bridgehead atoms. The summed E-state index contributed by atoms with van der Waals surface area (Å²) in [5, 5.41) is 1.01. The summed E-state index contributed by atoms with van der Waals surface area (Å²) in [6.45, 7) is 7.62. The van der Waals surface area contributed by atoms with Crippen molar-refractivity contribution in [1.82, 2.24) is 14.1 Å². The monoisotopic (exact) mass is 455 g/mol. The Hall–Kier alpha value is -3.67. The van der Waals surface area contributed by atoms with Crippen LogP contribution in [0.2, 0.25) is 0 Å². The number of ketones is 1. The molecule has 0 fully saturated rings. The maximum Gasteiger partial charge on any atom is 0.337 e. The summed E-state index contributed by atoms with van der Waals surface area (Å²) in [5.41, 5.74) is 4.39. The first-order chi connectivity index (χ1) is 16.3. The van der Waals surface area contributed by atoms with Crippen LogP contribution in [0.5, 0.6) is 0 Å². The number of rotatable bonds is 5. The number of aromatic nitrogens is 3. The molecule has 0 radical (unpaired) electrons. The van der Waals surface area contributed by atoms with E-state index < -0.39 is 0 Å². The predicted molar refractivity (Wildman–Crippen MR) is 131 cm³/mol. The highest BCUT2D eigenvalue weighted by Gasteiger charge is 2.44. The maximum absolute atomic E-state index is 14.0. The molecule has 1 aliphatic carbocycles. The van der Waals surface area contributed by atoms with E-state index in [-0.39, 0.29) is 23.1 Å². The lowest BCUT2D eigenvalue weighted by Gasteiger charge is -2.38. The van der Waals surface area contributed by atoms with Gasteiger partial charge in [0.25, 0.3) is 0 Å². The molecule has 6 heteroatoms. The summed E-state index contributed by atoms with van der Waals surface area (Å²) in [5.74, 6) is 0.649. The zero-order valence-electron chi connectivity index (χ0n) is 20.0. The largest absolute Gasteiger partial charge is 0.465 e. The summed E-state index contributed by atoms with van der Waals surface area (Å²) in [6.07, 6.45) is 4.55. The van der Waals surface area contributed by atoms with Gasteiger partial charge in [0, 0.05) is 53.6 Å². The van der Waals surface area contributed by atoms with Gasteiger partial charge in [-0.15, -0.1) is 0 Å². The molecule has 4 aromatic rings. The highest BCUT2D eigenvalue weighted by Crippen LogP contribution is 2.44. The Morgan fingerprint density at radius 1 is 1.15 bits per heavy atom. The molecule has 0 aliphatic heterocycles. The van der Waals surface area contributed by atoms with E-state index >= 15 is 0 Å². The van der Waals surface area contributed by atoms with Crippen LogP contribution in [0.3, 0.4) is 0 Å². The third-order valence-electron chi connectivity index (χ3n) is 7.23. The third kappa shape index (κ3) is 3.63. The van der Waals surface area contributed by atoms with Crippen molar-refractivity contribution < 1.29 is 14.3 Å². The number of ether oxygens (including phenoxy) is 1. The highest BCUT2D eigenvalue weighted by atomic mass is 16.5. The van der Waals surface area contributed by atoms with Crippen molar-refractivity contribution >= 4 is 22.7 Å². The van der Waals surface area contributed by atoms with Crippen LogP contribution in [0.4, 0.5) is 0 Å². The number of fused-ring (bicyclic) bond motifs is 3. The first-order valence-corrected chi connectivity index (χ1v) is 11.6. The zero-order valence-corrected chi connectivity index (χ0v) is 20.0. The lowest BCUT2D eigenvalue weighted by Crippen LogP contribution is -2.41. The van der Waals surface area contributed by atoms with E-state index in [0.29, 0.717) is 18.7 Å². The summed E-state index contributed by atoms with van der Waals surface area (Å²) in [7, 11) is 1.38. The Morgan fingerprint density at radius 2 is 1.88 bits per heavy atom. The Morgan fingerprint density at radius 3 is 2.56 bits per heavy atom. The first kappa shape index (κ1) is 22.1. The standard InChI is InChI=1S/C28H29N3O3/c1-18-29-13-14-30(18)17-22-26(32)25-21-7-5-6-8-23(21)31(24(25)15-28(22,2)3)16-19-9-11-20(12-10-19)27(33)34-4/h5-14,22H,15-17H2,1-4H3. The van der Waals surface area contributed by atoms with E-state index in [1.165, 1.54) is 7.11 Å². The molecule has 34 heavy (non-hydrogen) atoms. The van der Waals surface area contributed by atoms with Gasteiger partial charge in [-0.1, -0.05) is 44.2 Å². The summed E-state index contributed by atoms with van der Waals surface area (Å²) < 4.78 is 9.17. The highest BCUT2D eigenvalue weighted by molar-refractivity contribution is 6.11. The van der Waals surface area contributed by atoms with Gasteiger partial charge < -0.3 is 13.9 Å². The van der Waals surface area contributed by atoms with Gasteiger partial charge in [0.2, 0.25) is 0 Å². The van der Waals surface area contributed by atoms with E-state index in [0.717, 1.165) is 40.0 Å². The van der Waals surface area contributed by atoms with Crippen LogP contribution in [-0.4, -0.2) is 33.0 Å². The molecule has 0 saturated heterocycles. The lowest BCUT2D eigenvalue weighted by atomic mass is 9.67. The minimum Gasteiger partial charge on any atom is -0.465 e. The molecule has 2 heterocycles. The van der Waals surface area contributed by atoms with Gasteiger partial charge in [0.05, 0.1) is 12.7 Å². The van der Waals surface area contributed by atoms with Crippen molar-refractivity contribution in [2.45, 2.75) is 40.3 Å². The predicted octanol–water partition coefficient (Wildman–Crippen LogP) is 5.06. The minimum absolute atomic E-state index is 0.133. The second kappa shape index (κ2) is 8.28. The molecule has 2 aromatic heterocycles. The zero-order chi connectivity index (χ0) is 24.0. The van der Waals surface area contributed by atoms with Crippen molar-refractivity contribution in [1.29, 1.82) is 0 Å². The molecule has 6 nitrogen and oxygen atoms in total. The van der Waals surface area contributed by atoms with Crippen LogP contribution in [0.15, 0.2) is 60.9 Å². The number of imidazole rings is 1. The number of esters is 1. The summed E-state index contributed by atoms with van der Waals surface area (Å²) in [4.78, 5) is 30.2. The number of carbonyl (C=O) groups excluding carboxylic acids is 2. The van der Waals surface area contributed by atoms with Gasteiger partial charge in [-0.3, -0.25) is 4.79 Å². The molecule has 0 saturated carbocycles. The quantitative estimate of drug-likeness (QED) is 0.395. The van der Waals surface area contributed by atoms with E-state index in [1.54, 1.807) is 18.3 Å². The molecule has 0 spiro atoms. The number of Topliss-reactive ketones (excluding diaryl/α,β-unsaturated/α-hetero) is 1. The number of benzene rings is 2. The summed E-state index contributed by atoms with van der Waals surface area (Å²) >= 11 is 0. The van der Waals surface area contributed by atoms with Gasteiger partial charge >= 0.3 is 5.97 Å². The number of nitrogens with zero attached hydrogens (tertiary/aromatic N) is 3. The number of hydrogen-bond acceptors (Lipinski definition) is 4. The van der Waals surface area contributed by atoms with E-state index in [2.05, 4.69) is 40.1 Å². The van der Waals surface area contributed by atoms with E-state index in [1.807, 2.05) is 37.4 Å². The molecular formula is C28H29N3O3. The van der Waals surface area contributed by atoms with Crippen molar-refractivity contribution in [3.8, 4) is 0 Å². The van der Waals surface area contributed by atoms with Gasteiger partial charge in [0.1, 0.15) is 5.82 Å². The summed E-state index contributed by atoms with van der Waals surface area (Å²) in [6, 6.07) is 15.6. The Labute approximate surface area is 199 Å². The average Bonchev–Trinajstić information content (AvgIpc) is 3.37. The van der Waals surface area contributed by atoms with Crippen LogP contribution >= 0.6 is 0 Å². The fourth-order valence-electron chi connectivity index (χ4n) is 5.25. The van der Waals surface area contributed by atoms with E-state index in [4.69, 9.17) is 4.74 Å². The van der Waals surface area contributed by atoms with Crippen LogP contribution in [-0.2, 0) is 24.2 Å². The molecule has 0 N–H and O–H groups in total. The fraction of sp³-hybridized carbons (Fsp3) is 0.321. The second-order valence-corrected chi connectivity index (χ2v) is 9.82. The van der Waals surface area contributed by atoms with Crippen LogP contribution in [0.1, 0.15) is 51.6 Å². The van der Waals surface area contributed by atoms with Gasteiger partial charge in [-0.2, -0.15) is 0 Å². The van der Waals surface area contributed by atoms with Gasteiger partial charge in [-0.05, 0) is 42.5 Å². The van der Waals surface area contributed by atoms with Gasteiger partial charge in [0.15, 0.2) is 5.78 Å². The van der Waals surface area contributed by atoms with Crippen LogP contribution < -0.4 is 0 Å². The third-order valence-corrected chi connectivity index (χ3v) is 7.23. The normalized spacial score (nSPS) is 17.1. The van der Waals surface area contributed by atoms with Crippen LogP contribution in [0.25, 0.3) is 10.9 Å². The maximum atomic E-state index is 14.0. The second-order valence-electron chi connectivity index (χ2n) is 9.82. The molecule has 2 aromatic carbocycles. The Bertz CT molecular complexity index is 1390. The Kier molecular flexibility index (Phi) is 5.39. The number of aryl methyl sites for hydroxylation is 1. The average molecular weight is 456 g/mol. The fourth-order valence-corrected chi connectivity index (χ4v) is 5.25. The molecule has 0 amide bonds. The van der Waals surface area contributed by atoms with Crippen molar-refractivity contribution in [2.24, 2.45) is 11.3 Å². The molecule has 1 aliphatic rings. The molecule has 1 atom stereocenters. The molecule has 5 rings (SSSR count). The van der Waals surface area contributed by atoms with Crippen molar-refractivity contribution in [3.05, 3.63) is 89.1 Å². The molecule has 174 valence electrons. The van der Waals surface area contributed by atoms with Crippen molar-refractivity contribution in [2.75, 3.05) is 7.11 Å². The SMILES string of the molecule is COC(=O)c1ccc(Cn2c3c(c4ccccc42)C(=O)C(Cn2ccnc2C)C(C)(C)C3)cc1. The van der Waals surface area contributed by atoms with E-state index in [9.17, 15) is 9.59 Å².